The molecular weight excluding hydrogens is 272 g/mol. The summed E-state index contributed by atoms with van der Waals surface area (Å²) >= 11 is 1.41. The molecule has 0 fully saturated rings. The van der Waals surface area contributed by atoms with Gasteiger partial charge in [0.15, 0.2) is 5.82 Å². The third kappa shape index (κ3) is 2.82. The minimum absolute atomic E-state index is 0.367. The van der Waals surface area contributed by atoms with Gasteiger partial charge in [0.25, 0.3) is 0 Å². The van der Waals surface area contributed by atoms with Crippen LogP contribution in [0.4, 0.5) is 5.13 Å². The van der Waals surface area contributed by atoms with Crippen LogP contribution in [0, 0.1) is 0 Å². The Kier molecular flexibility index (Phi) is 3.95. The van der Waals surface area contributed by atoms with E-state index in [9.17, 15) is 0 Å². The van der Waals surface area contributed by atoms with Gasteiger partial charge in [0.1, 0.15) is 11.6 Å². The number of nitrogens with one attached hydrogen (secondary N) is 1. The van der Waals surface area contributed by atoms with Crippen LogP contribution in [0.15, 0.2) is 0 Å². The second-order valence-corrected chi connectivity index (χ2v) is 6.21. The van der Waals surface area contributed by atoms with Crippen molar-refractivity contribution in [3.05, 3.63) is 17.5 Å². The van der Waals surface area contributed by atoms with Gasteiger partial charge in [-0.25, -0.2) is 4.98 Å². The number of nitrogens with zero attached hydrogens (tertiary/aromatic N) is 5. The van der Waals surface area contributed by atoms with Gasteiger partial charge in [-0.15, -0.1) is 10.2 Å². The van der Waals surface area contributed by atoms with Gasteiger partial charge in [-0.05, 0) is 12.8 Å². The molecule has 0 radical (unpaired) electrons. The van der Waals surface area contributed by atoms with E-state index in [1.165, 1.54) is 30.8 Å². The molecule has 20 heavy (non-hydrogen) atoms. The second kappa shape index (κ2) is 5.87. The van der Waals surface area contributed by atoms with Gasteiger partial charge in [0, 0.05) is 30.4 Å². The molecule has 2 aromatic rings. The van der Waals surface area contributed by atoms with Crippen LogP contribution in [0.25, 0.3) is 0 Å². The first kappa shape index (κ1) is 13.5. The highest BCUT2D eigenvalue weighted by molar-refractivity contribution is 7.09. The zero-order valence-corrected chi connectivity index (χ0v) is 12.8. The van der Waals surface area contributed by atoms with Gasteiger partial charge in [0.2, 0.25) is 5.13 Å². The zero-order valence-electron chi connectivity index (χ0n) is 12.0. The normalized spacial score (nSPS) is 15.2. The second-order valence-electron chi connectivity index (χ2n) is 5.46. The van der Waals surface area contributed by atoms with Gasteiger partial charge in [-0.1, -0.05) is 20.3 Å². The fourth-order valence-electron chi connectivity index (χ4n) is 2.37. The van der Waals surface area contributed by atoms with E-state index < -0.39 is 0 Å². The summed E-state index contributed by atoms with van der Waals surface area (Å²) in [7, 11) is 0. The summed E-state index contributed by atoms with van der Waals surface area (Å²) in [4.78, 5) is 4.48. The largest absolute Gasteiger partial charge is 0.353 e. The summed E-state index contributed by atoms with van der Waals surface area (Å²) in [5, 5.41) is 12.8. The Balaban J connectivity index is 1.67. The first-order valence-electron chi connectivity index (χ1n) is 7.22. The average molecular weight is 292 g/mol. The van der Waals surface area contributed by atoms with Crippen molar-refractivity contribution >= 4 is 16.7 Å². The lowest BCUT2D eigenvalue weighted by atomic mass is 10.2. The van der Waals surface area contributed by atoms with E-state index in [0.717, 1.165) is 35.6 Å². The molecule has 0 spiro atoms. The molecule has 3 heterocycles. The summed E-state index contributed by atoms with van der Waals surface area (Å²) in [6.45, 7) is 5.90. The highest BCUT2D eigenvalue weighted by atomic mass is 32.1. The smallest absolute Gasteiger partial charge is 0.202 e. The monoisotopic (exact) mass is 292 g/mol. The molecular formula is C13H20N6S. The Bertz CT molecular complexity index is 573. The van der Waals surface area contributed by atoms with Crippen LogP contribution in [0.3, 0.4) is 0 Å². The maximum Gasteiger partial charge on any atom is 0.202 e. The highest BCUT2D eigenvalue weighted by Gasteiger charge is 2.15. The van der Waals surface area contributed by atoms with Crippen molar-refractivity contribution in [3.8, 4) is 0 Å². The van der Waals surface area contributed by atoms with Crippen molar-refractivity contribution in [2.75, 3.05) is 5.32 Å². The number of hydrogen-bond acceptors (Lipinski definition) is 6. The van der Waals surface area contributed by atoms with Crippen LogP contribution in [0.2, 0.25) is 0 Å². The van der Waals surface area contributed by atoms with E-state index in [1.807, 2.05) is 0 Å². The van der Waals surface area contributed by atoms with Crippen molar-refractivity contribution < 1.29 is 0 Å². The van der Waals surface area contributed by atoms with E-state index in [-0.39, 0.29) is 0 Å². The number of aromatic nitrogens is 5. The van der Waals surface area contributed by atoms with Crippen LogP contribution in [0.1, 0.15) is 56.5 Å². The Morgan fingerprint density at radius 3 is 2.95 bits per heavy atom. The predicted octanol–water partition coefficient (Wildman–Crippen LogP) is 2.59. The number of anilines is 1. The van der Waals surface area contributed by atoms with Gasteiger partial charge in [0.05, 0.1) is 6.54 Å². The van der Waals surface area contributed by atoms with Crippen LogP contribution < -0.4 is 5.32 Å². The van der Waals surface area contributed by atoms with Gasteiger partial charge < -0.3 is 9.88 Å². The van der Waals surface area contributed by atoms with Crippen LogP contribution >= 0.6 is 11.5 Å². The van der Waals surface area contributed by atoms with Gasteiger partial charge >= 0.3 is 0 Å². The van der Waals surface area contributed by atoms with Crippen molar-refractivity contribution in [2.45, 2.75) is 58.5 Å². The lowest BCUT2D eigenvalue weighted by Crippen LogP contribution is -2.10. The van der Waals surface area contributed by atoms with Crippen LogP contribution in [-0.4, -0.2) is 24.1 Å². The van der Waals surface area contributed by atoms with Crippen molar-refractivity contribution in [1.29, 1.82) is 0 Å². The Hall–Kier alpha value is -1.50. The van der Waals surface area contributed by atoms with E-state index in [1.54, 1.807) is 0 Å². The highest BCUT2D eigenvalue weighted by Crippen LogP contribution is 2.19. The SMILES string of the molecule is CC(C)c1nsc(NCc2nnc3n2CCCCC3)n1. The van der Waals surface area contributed by atoms with E-state index in [4.69, 9.17) is 0 Å². The molecule has 3 rings (SSSR count). The summed E-state index contributed by atoms with van der Waals surface area (Å²) in [5.74, 6) is 3.39. The summed E-state index contributed by atoms with van der Waals surface area (Å²) in [6, 6.07) is 0. The van der Waals surface area contributed by atoms with Crippen LogP contribution in [0.5, 0.6) is 0 Å². The Labute approximate surface area is 122 Å². The molecule has 0 amide bonds. The molecule has 1 aliphatic rings. The molecule has 0 bridgehead atoms. The molecule has 0 aliphatic carbocycles. The molecule has 0 saturated carbocycles. The number of aryl methyl sites for hydroxylation is 1. The lowest BCUT2D eigenvalue weighted by molar-refractivity contribution is 0.610. The number of fused-ring (bicyclic) bond motifs is 1. The molecule has 108 valence electrons. The number of rotatable bonds is 4. The molecule has 1 N–H and O–H groups in total. The van der Waals surface area contributed by atoms with Crippen LogP contribution in [-0.2, 0) is 19.5 Å². The molecule has 0 aromatic carbocycles. The standard InChI is InChI=1S/C13H20N6S/c1-9(2)12-15-13(20-18-12)14-8-11-17-16-10-6-4-3-5-7-19(10)11/h9H,3-8H2,1-2H3,(H,14,15,18). The molecule has 1 aliphatic heterocycles. The van der Waals surface area contributed by atoms with Gasteiger partial charge in [-0.2, -0.15) is 4.37 Å². The third-order valence-corrected chi connectivity index (χ3v) is 4.23. The summed E-state index contributed by atoms with van der Waals surface area (Å²) in [5.41, 5.74) is 0. The fourth-order valence-corrected chi connectivity index (χ4v) is 3.07. The lowest BCUT2D eigenvalue weighted by Gasteiger charge is -2.06. The maximum absolute atomic E-state index is 4.48. The van der Waals surface area contributed by atoms with E-state index >= 15 is 0 Å². The topological polar surface area (TPSA) is 68.5 Å². The van der Waals surface area contributed by atoms with Gasteiger partial charge in [-0.3, -0.25) is 0 Å². The first-order valence-corrected chi connectivity index (χ1v) is 8.00. The first-order chi connectivity index (χ1) is 9.74. The zero-order chi connectivity index (χ0) is 13.9. The predicted molar refractivity (Wildman–Crippen MR) is 78.9 cm³/mol. The summed E-state index contributed by atoms with van der Waals surface area (Å²) in [6.07, 6.45) is 4.77. The van der Waals surface area contributed by atoms with E-state index in [2.05, 4.69) is 43.3 Å². The minimum atomic E-state index is 0.367. The Morgan fingerprint density at radius 2 is 2.15 bits per heavy atom. The molecule has 2 aromatic heterocycles. The number of hydrogen-bond donors (Lipinski definition) is 1. The molecule has 0 saturated heterocycles. The molecule has 7 heteroatoms. The quantitative estimate of drug-likeness (QED) is 0.938. The third-order valence-electron chi connectivity index (χ3n) is 3.54. The van der Waals surface area contributed by atoms with Crippen molar-refractivity contribution in [1.82, 2.24) is 24.1 Å². The Morgan fingerprint density at radius 1 is 1.25 bits per heavy atom. The minimum Gasteiger partial charge on any atom is -0.353 e. The fraction of sp³-hybridized carbons (Fsp3) is 0.692. The molecule has 6 nitrogen and oxygen atoms in total. The maximum atomic E-state index is 4.48. The van der Waals surface area contributed by atoms with Crippen molar-refractivity contribution in [2.24, 2.45) is 0 Å². The molecule has 0 unspecified atom stereocenters. The van der Waals surface area contributed by atoms with E-state index in [0.29, 0.717) is 12.5 Å². The average Bonchev–Trinajstić information content (AvgIpc) is 2.98. The molecule has 0 atom stereocenters. The van der Waals surface area contributed by atoms with Crippen molar-refractivity contribution in [3.63, 3.8) is 0 Å². The summed E-state index contributed by atoms with van der Waals surface area (Å²) < 4.78 is 6.60.